The van der Waals surface area contributed by atoms with Gasteiger partial charge in [0, 0.05) is 5.56 Å². The van der Waals surface area contributed by atoms with Gasteiger partial charge in [-0.05, 0) is 45.9 Å². The molecule has 118 valence electrons. The highest BCUT2D eigenvalue weighted by atomic mass is 32.2. The molecule has 0 aromatic heterocycles. The Morgan fingerprint density at radius 3 is 2.14 bits per heavy atom. The standard InChI is InChI=1S/C13H21N3O4S/c1-12(2,13(3,4)18)16-21(19,20)10-6-5-8(11(15)17)7-9(10)14/h5-7,16,18H,14H2,1-4H3,(H2,15,17). The average molecular weight is 315 g/mol. The van der Waals surface area contributed by atoms with E-state index in [0.717, 1.165) is 0 Å². The van der Waals surface area contributed by atoms with E-state index in [9.17, 15) is 18.3 Å². The predicted molar refractivity (Wildman–Crippen MR) is 80.1 cm³/mol. The van der Waals surface area contributed by atoms with E-state index < -0.39 is 27.1 Å². The Labute approximate surface area is 124 Å². The van der Waals surface area contributed by atoms with Crippen molar-refractivity contribution in [3.05, 3.63) is 23.8 Å². The van der Waals surface area contributed by atoms with Gasteiger partial charge in [-0.25, -0.2) is 13.1 Å². The van der Waals surface area contributed by atoms with Crippen molar-refractivity contribution in [3.8, 4) is 0 Å². The first-order valence-electron chi connectivity index (χ1n) is 6.23. The smallest absolute Gasteiger partial charge is 0.248 e. The molecular formula is C13H21N3O4S. The molecule has 0 aliphatic heterocycles. The molecule has 0 radical (unpaired) electrons. The first kappa shape index (κ1) is 17.4. The second-order valence-corrected chi connectivity index (χ2v) is 7.56. The Kier molecular flexibility index (Phi) is 4.38. The van der Waals surface area contributed by atoms with Crippen LogP contribution in [0.2, 0.25) is 0 Å². The molecule has 0 saturated carbocycles. The lowest BCUT2D eigenvalue weighted by molar-refractivity contribution is 0.00639. The lowest BCUT2D eigenvalue weighted by Crippen LogP contribution is -2.57. The lowest BCUT2D eigenvalue weighted by atomic mass is 9.87. The largest absolute Gasteiger partial charge is 0.398 e. The van der Waals surface area contributed by atoms with Crippen molar-refractivity contribution in [1.29, 1.82) is 0 Å². The fourth-order valence-corrected chi connectivity index (χ4v) is 3.11. The van der Waals surface area contributed by atoms with E-state index >= 15 is 0 Å². The van der Waals surface area contributed by atoms with Gasteiger partial charge in [-0.15, -0.1) is 0 Å². The van der Waals surface area contributed by atoms with E-state index in [2.05, 4.69) is 4.72 Å². The molecule has 6 N–H and O–H groups in total. The van der Waals surface area contributed by atoms with Crippen molar-refractivity contribution >= 4 is 21.6 Å². The maximum atomic E-state index is 12.4. The lowest BCUT2D eigenvalue weighted by Gasteiger charge is -2.37. The summed E-state index contributed by atoms with van der Waals surface area (Å²) in [5, 5.41) is 10.0. The van der Waals surface area contributed by atoms with Gasteiger partial charge in [-0.1, -0.05) is 0 Å². The fourth-order valence-electron chi connectivity index (χ4n) is 1.46. The number of benzene rings is 1. The molecule has 0 spiro atoms. The second kappa shape index (κ2) is 5.28. The summed E-state index contributed by atoms with van der Waals surface area (Å²) in [4.78, 5) is 10.9. The number of nitrogens with one attached hydrogen (secondary N) is 1. The third-order valence-electron chi connectivity index (χ3n) is 3.50. The first-order valence-corrected chi connectivity index (χ1v) is 7.72. The molecule has 1 amide bonds. The zero-order valence-corrected chi connectivity index (χ0v) is 13.3. The number of amides is 1. The summed E-state index contributed by atoms with van der Waals surface area (Å²) in [6.07, 6.45) is 0. The number of nitrogen functional groups attached to an aromatic ring is 1. The SMILES string of the molecule is CC(C)(O)C(C)(C)NS(=O)(=O)c1ccc(C(N)=O)cc1N. The Morgan fingerprint density at radius 2 is 1.76 bits per heavy atom. The van der Waals surface area contributed by atoms with Gasteiger partial charge in [-0.3, -0.25) is 4.79 Å². The first-order chi connectivity index (χ1) is 9.28. The summed E-state index contributed by atoms with van der Waals surface area (Å²) in [6, 6.07) is 3.69. The fraction of sp³-hybridized carbons (Fsp3) is 0.462. The molecule has 0 unspecified atom stereocenters. The van der Waals surface area contributed by atoms with Crippen LogP contribution >= 0.6 is 0 Å². The van der Waals surface area contributed by atoms with Gasteiger partial charge in [0.05, 0.1) is 16.8 Å². The van der Waals surface area contributed by atoms with Gasteiger partial charge in [-0.2, -0.15) is 0 Å². The highest BCUT2D eigenvalue weighted by Crippen LogP contribution is 2.26. The van der Waals surface area contributed by atoms with Crippen LogP contribution in [-0.2, 0) is 10.0 Å². The zero-order chi connectivity index (χ0) is 16.6. The second-order valence-electron chi connectivity index (χ2n) is 5.91. The minimum Gasteiger partial charge on any atom is -0.398 e. The predicted octanol–water partition coefficient (Wildman–Crippen LogP) is 0.196. The molecule has 0 fully saturated rings. The Hall–Kier alpha value is -1.64. The number of carbonyl (C=O) groups is 1. The Bertz CT molecular complexity index is 660. The van der Waals surface area contributed by atoms with Crippen LogP contribution in [0, 0.1) is 0 Å². The van der Waals surface area contributed by atoms with Crippen LogP contribution in [0.4, 0.5) is 5.69 Å². The third kappa shape index (κ3) is 3.72. The monoisotopic (exact) mass is 315 g/mol. The molecule has 1 aromatic carbocycles. The van der Waals surface area contributed by atoms with Crippen molar-refractivity contribution in [2.45, 2.75) is 43.7 Å². The van der Waals surface area contributed by atoms with Gasteiger partial charge in [0.2, 0.25) is 15.9 Å². The van der Waals surface area contributed by atoms with E-state index in [4.69, 9.17) is 11.5 Å². The normalized spacial score (nSPS) is 13.2. The average Bonchev–Trinajstić information content (AvgIpc) is 2.25. The van der Waals surface area contributed by atoms with Crippen LogP contribution in [-0.4, -0.2) is 30.6 Å². The number of nitrogens with two attached hydrogens (primary N) is 2. The molecule has 0 saturated heterocycles. The maximum Gasteiger partial charge on any atom is 0.248 e. The highest BCUT2D eigenvalue weighted by Gasteiger charge is 2.39. The molecule has 21 heavy (non-hydrogen) atoms. The minimum absolute atomic E-state index is 0.0923. The molecule has 0 aliphatic rings. The van der Waals surface area contributed by atoms with Crippen LogP contribution in [0.5, 0.6) is 0 Å². The van der Waals surface area contributed by atoms with Gasteiger partial charge >= 0.3 is 0 Å². The molecule has 0 heterocycles. The Balaban J connectivity index is 3.24. The van der Waals surface area contributed by atoms with Crippen LogP contribution in [0.3, 0.4) is 0 Å². The van der Waals surface area contributed by atoms with E-state index in [1.165, 1.54) is 32.0 Å². The molecular weight excluding hydrogens is 294 g/mol. The molecule has 0 bridgehead atoms. The number of hydrogen-bond acceptors (Lipinski definition) is 5. The topological polar surface area (TPSA) is 136 Å². The highest BCUT2D eigenvalue weighted by molar-refractivity contribution is 7.89. The van der Waals surface area contributed by atoms with Crippen LogP contribution in [0.15, 0.2) is 23.1 Å². The molecule has 7 nitrogen and oxygen atoms in total. The third-order valence-corrected chi connectivity index (χ3v) is 5.23. The molecule has 0 atom stereocenters. The number of rotatable bonds is 5. The molecule has 1 aromatic rings. The number of hydrogen-bond donors (Lipinski definition) is 4. The van der Waals surface area contributed by atoms with Gasteiger partial charge in [0.1, 0.15) is 4.90 Å². The van der Waals surface area contributed by atoms with Crippen molar-refractivity contribution < 1.29 is 18.3 Å². The Morgan fingerprint density at radius 1 is 1.24 bits per heavy atom. The van der Waals surface area contributed by atoms with Crippen molar-refractivity contribution in [2.24, 2.45) is 5.73 Å². The summed E-state index contributed by atoms with van der Waals surface area (Å²) < 4.78 is 27.2. The van der Waals surface area contributed by atoms with Gasteiger partial charge in [0.25, 0.3) is 0 Å². The van der Waals surface area contributed by atoms with E-state index in [-0.39, 0.29) is 16.1 Å². The van der Waals surface area contributed by atoms with Gasteiger partial charge < -0.3 is 16.6 Å². The zero-order valence-electron chi connectivity index (χ0n) is 12.5. The molecule has 0 aliphatic carbocycles. The van der Waals surface area contributed by atoms with Crippen LogP contribution < -0.4 is 16.2 Å². The van der Waals surface area contributed by atoms with Crippen LogP contribution in [0.1, 0.15) is 38.1 Å². The maximum absolute atomic E-state index is 12.4. The number of sulfonamides is 1. The summed E-state index contributed by atoms with van der Waals surface area (Å²) in [7, 11) is -3.96. The van der Waals surface area contributed by atoms with Crippen molar-refractivity contribution in [1.82, 2.24) is 4.72 Å². The minimum atomic E-state index is -3.96. The van der Waals surface area contributed by atoms with Crippen molar-refractivity contribution in [3.63, 3.8) is 0 Å². The van der Waals surface area contributed by atoms with Gasteiger partial charge in [0.15, 0.2) is 0 Å². The number of primary amides is 1. The van der Waals surface area contributed by atoms with E-state index in [1.54, 1.807) is 13.8 Å². The summed E-state index contributed by atoms with van der Waals surface area (Å²) >= 11 is 0. The number of aliphatic hydroxyl groups is 1. The summed E-state index contributed by atoms with van der Waals surface area (Å²) in [5.41, 5.74) is 8.40. The molecule has 8 heteroatoms. The van der Waals surface area contributed by atoms with E-state index in [0.29, 0.717) is 0 Å². The quantitative estimate of drug-likeness (QED) is 0.575. The summed E-state index contributed by atoms with van der Waals surface area (Å²) in [5.74, 6) is -0.699. The van der Waals surface area contributed by atoms with Crippen LogP contribution in [0.25, 0.3) is 0 Å². The number of anilines is 1. The number of carbonyl (C=O) groups excluding carboxylic acids is 1. The van der Waals surface area contributed by atoms with Crippen molar-refractivity contribution in [2.75, 3.05) is 5.73 Å². The molecule has 1 rings (SSSR count). The summed E-state index contributed by atoms with van der Waals surface area (Å²) in [6.45, 7) is 6.10. The van der Waals surface area contributed by atoms with E-state index in [1.807, 2.05) is 0 Å².